The SMILES string of the molecule is CCc1nc2nnc3c(=O)n(Cc4ccncc4)ccc3n2n1. The second-order valence-electron chi connectivity index (χ2n) is 5.13. The first-order valence-electron chi connectivity index (χ1n) is 7.26. The number of aromatic nitrogens is 7. The van der Waals surface area contributed by atoms with Gasteiger partial charge >= 0.3 is 0 Å². The second kappa shape index (κ2) is 5.24. The lowest BCUT2D eigenvalue weighted by molar-refractivity contribution is 0.758. The molecule has 0 spiro atoms. The van der Waals surface area contributed by atoms with Crippen molar-refractivity contribution < 1.29 is 0 Å². The Morgan fingerprint density at radius 3 is 2.74 bits per heavy atom. The summed E-state index contributed by atoms with van der Waals surface area (Å²) >= 11 is 0. The number of rotatable bonds is 3. The van der Waals surface area contributed by atoms with Crippen LogP contribution in [0.3, 0.4) is 0 Å². The van der Waals surface area contributed by atoms with Gasteiger partial charge in [-0.05, 0) is 23.8 Å². The summed E-state index contributed by atoms with van der Waals surface area (Å²) in [7, 11) is 0. The highest BCUT2D eigenvalue weighted by Crippen LogP contribution is 2.09. The van der Waals surface area contributed by atoms with Crippen molar-refractivity contribution in [3.8, 4) is 0 Å². The molecule has 0 N–H and O–H groups in total. The molecule has 4 rings (SSSR count). The van der Waals surface area contributed by atoms with Gasteiger partial charge in [-0.25, -0.2) is 0 Å². The third-order valence-electron chi connectivity index (χ3n) is 3.64. The van der Waals surface area contributed by atoms with Gasteiger partial charge in [-0.3, -0.25) is 9.78 Å². The summed E-state index contributed by atoms with van der Waals surface area (Å²) in [5.41, 5.74) is 1.67. The molecule has 0 amide bonds. The molecule has 0 saturated carbocycles. The number of hydrogen-bond donors (Lipinski definition) is 0. The summed E-state index contributed by atoms with van der Waals surface area (Å²) in [5.74, 6) is 1.08. The maximum atomic E-state index is 12.6. The van der Waals surface area contributed by atoms with E-state index in [0.29, 0.717) is 30.1 Å². The number of nitrogens with zero attached hydrogens (tertiary/aromatic N) is 7. The first-order chi connectivity index (χ1) is 11.3. The van der Waals surface area contributed by atoms with E-state index in [9.17, 15) is 4.79 Å². The van der Waals surface area contributed by atoms with Gasteiger partial charge in [-0.2, -0.15) is 9.50 Å². The zero-order valence-corrected chi connectivity index (χ0v) is 12.4. The van der Waals surface area contributed by atoms with Gasteiger partial charge in [-0.1, -0.05) is 6.92 Å². The molecule has 4 aromatic heterocycles. The van der Waals surface area contributed by atoms with E-state index in [0.717, 1.165) is 5.56 Å². The number of aryl methyl sites for hydroxylation is 1. The van der Waals surface area contributed by atoms with Crippen molar-refractivity contribution in [2.24, 2.45) is 0 Å². The van der Waals surface area contributed by atoms with E-state index in [2.05, 4.69) is 25.3 Å². The first-order valence-corrected chi connectivity index (χ1v) is 7.26. The minimum absolute atomic E-state index is 0.206. The fourth-order valence-electron chi connectivity index (χ4n) is 2.44. The quantitative estimate of drug-likeness (QED) is 0.557. The Hall–Kier alpha value is -3.16. The van der Waals surface area contributed by atoms with E-state index in [1.807, 2.05) is 25.1 Å². The highest BCUT2D eigenvalue weighted by atomic mass is 16.1. The third kappa shape index (κ3) is 2.24. The lowest BCUT2D eigenvalue weighted by atomic mass is 10.2. The minimum Gasteiger partial charge on any atom is -0.309 e. The number of pyridine rings is 2. The van der Waals surface area contributed by atoms with Crippen LogP contribution >= 0.6 is 0 Å². The van der Waals surface area contributed by atoms with E-state index in [-0.39, 0.29) is 11.1 Å². The van der Waals surface area contributed by atoms with Crippen LogP contribution in [-0.2, 0) is 13.0 Å². The molecule has 0 aliphatic heterocycles. The van der Waals surface area contributed by atoms with Crippen LogP contribution in [0, 0.1) is 0 Å². The molecule has 0 bridgehead atoms. The number of fused-ring (bicyclic) bond motifs is 3. The molecule has 0 aliphatic rings. The molecule has 0 aliphatic carbocycles. The average molecular weight is 307 g/mol. The van der Waals surface area contributed by atoms with E-state index >= 15 is 0 Å². The molecule has 114 valence electrons. The van der Waals surface area contributed by atoms with Crippen LogP contribution in [0.5, 0.6) is 0 Å². The van der Waals surface area contributed by atoms with E-state index in [1.54, 1.807) is 27.7 Å². The lowest BCUT2D eigenvalue weighted by Gasteiger charge is -2.06. The summed E-state index contributed by atoms with van der Waals surface area (Å²) in [4.78, 5) is 20.9. The Labute approximate surface area is 130 Å². The zero-order chi connectivity index (χ0) is 15.8. The maximum Gasteiger partial charge on any atom is 0.280 e. The molecular formula is C15H13N7O. The van der Waals surface area contributed by atoms with Crippen LogP contribution in [0.2, 0.25) is 0 Å². The molecule has 0 saturated heterocycles. The van der Waals surface area contributed by atoms with Gasteiger partial charge in [0, 0.05) is 25.0 Å². The van der Waals surface area contributed by atoms with E-state index in [4.69, 9.17) is 0 Å². The van der Waals surface area contributed by atoms with Crippen molar-refractivity contribution >= 4 is 16.8 Å². The predicted molar refractivity (Wildman–Crippen MR) is 83.1 cm³/mol. The molecule has 0 radical (unpaired) electrons. The smallest absolute Gasteiger partial charge is 0.280 e. The maximum absolute atomic E-state index is 12.6. The summed E-state index contributed by atoms with van der Waals surface area (Å²) in [5, 5.41) is 12.4. The van der Waals surface area contributed by atoms with Gasteiger partial charge in [0.1, 0.15) is 5.52 Å². The molecule has 8 heteroatoms. The van der Waals surface area contributed by atoms with E-state index < -0.39 is 0 Å². The number of hydrogen-bond acceptors (Lipinski definition) is 6. The second-order valence-corrected chi connectivity index (χ2v) is 5.13. The van der Waals surface area contributed by atoms with Gasteiger partial charge in [0.05, 0.1) is 6.54 Å². The molecule has 8 nitrogen and oxygen atoms in total. The van der Waals surface area contributed by atoms with Gasteiger partial charge in [-0.15, -0.1) is 15.3 Å². The van der Waals surface area contributed by atoms with Crippen LogP contribution in [0.4, 0.5) is 0 Å². The summed E-state index contributed by atoms with van der Waals surface area (Å²) < 4.78 is 3.16. The average Bonchev–Trinajstić information content (AvgIpc) is 3.02. The topological polar surface area (TPSA) is 90.9 Å². The minimum atomic E-state index is -0.206. The first kappa shape index (κ1) is 13.5. The lowest BCUT2D eigenvalue weighted by Crippen LogP contribution is -2.22. The predicted octanol–water partition coefficient (Wildman–Crippen LogP) is 0.840. The van der Waals surface area contributed by atoms with Crippen LogP contribution in [0.25, 0.3) is 16.8 Å². The van der Waals surface area contributed by atoms with E-state index in [1.165, 1.54) is 0 Å². The van der Waals surface area contributed by atoms with Crippen molar-refractivity contribution in [2.75, 3.05) is 0 Å². The van der Waals surface area contributed by atoms with Gasteiger partial charge in [0.15, 0.2) is 11.3 Å². The van der Waals surface area contributed by atoms with Crippen molar-refractivity contribution in [2.45, 2.75) is 19.9 Å². The van der Waals surface area contributed by atoms with Gasteiger partial charge in [0.2, 0.25) is 0 Å². The summed E-state index contributed by atoms with van der Waals surface area (Å²) in [6.45, 7) is 2.42. The monoisotopic (exact) mass is 307 g/mol. The Morgan fingerprint density at radius 2 is 1.96 bits per heavy atom. The Bertz CT molecular complexity index is 1050. The third-order valence-corrected chi connectivity index (χ3v) is 3.64. The van der Waals surface area contributed by atoms with Crippen molar-refractivity contribution in [1.82, 2.24) is 34.3 Å². The zero-order valence-electron chi connectivity index (χ0n) is 12.4. The molecule has 0 aromatic carbocycles. The van der Waals surface area contributed by atoms with Crippen LogP contribution in [0.1, 0.15) is 18.3 Å². The molecular weight excluding hydrogens is 294 g/mol. The van der Waals surface area contributed by atoms with Gasteiger partial charge in [0.25, 0.3) is 11.3 Å². The highest BCUT2D eigenvalue weighted by molar-refractivity contribution is 5.74. The highest BCUT2D eigenvalue weighted by Gasteiger charge is 2.12. The molecule has 4 aromatic rings. The molecule has 0 atom stereocenters. The molecule has 0 unspecified atom stereocenters. The van der Waals surface area contributed by atoms with Crippen molar-refractivity contribution in [3.63, 3.8) is 0 Å². The van der Waals surface area contributed by atoms with Crippen LogP contribution in [-0.4, -0.2) is 34.3 Å². The largest absolute Gasteiger partial charge is 0.309 e. The molecule has 23 heavy (non-hydrogen) atoms. The normalized spacial score (nSPS) is 11.3. The van der Waals surface area contributed by atoms with Gasteiger partial charge < -0.3 is 4.57 Å². The summed E-state index contributed by atoms with van der Waals surface area (Å²) in [6, 6.07) is 5.56. The molecule has 0 fully saturated rings. The standard InChI is InChI=1S/C15H13N7O/c1-2-12-17-15-19-18-13-11(22(15)20-12)5-8-21(14(13)23)9-10-3-6-16-7-4-10/h3-8H,2,9H2,1H3. The summed E-state index contributed by atoms with van der Waals surface area (Å²) in [6.07, 6.45) is 5.84. The van der Waals surface area contributed by atoms with Crippen LogP contribution in [0.15, 0.2) is 41.6 Å². The Kier molecular flexibility index (Phi) is 3.07. The Balaban J connectivity index is 1.88. The van der Waals surface area contributed by atoms with Crippen molar-refractivity contribution in [3.05, 3.63) is 58.5 Å². The fourth-order valence-corrected chi connectivity index (χ4v) is 2.44. The van der Waals surface area contributed by atoms with Crippen LogP contribution < -0.4 is 5.56 Å². The Morgan fingerprint density at radius 1 is 1.13 bits per heavy atom. The van der Waals surface area contributed by atoms with Crippen molar-refractivity contribution in [1.29, 1.82) is 0 Å². The molecule has 4 heterocycles. The fraction of sp³-hybridized carbons (Fsp3) is 0.200.